The molecule has 2 aliphatic heterocycles. The van der Waals surface area contributed by atoms with Crippen molar-refractivity contribution in [2.75, 3.05) is 68.8 Å². The average molecular weight is 631 g/mol. The van der Waals surface area contributed by atoms with E-state index in [0.717, 1.165) is 23.6 Å². The van der Waals surface area contributed by atoms with Gasteiger partial charge in [-0.2, -0.15) is 13.2 Å². The molecule has 0 radical (unpaired) electrons. The topological polar surface area (TPSA) is 89.2 Å². The standard InChI is InChI=1S/C30H32F4N4O4.Na.H2O.H/c1-40-23-8-5-7-22(17-23)35-12-14-36(15-13-35)29-37(25-16-21(30(32,33)34)10-11-26(25)41-2)18-20-6-4-9-24(31)28(20)38(29)19-27(39)42-3;;;/h4-11,16-17,29H,12-15,18-19H2,1-3H3;;1H2;/q;+1;;-1. The Hall–Kier alpha value is -3.23. The van der Waals surface area contributed by atoms with Crippen LogP contribution in [0.3, 0.4) is 0 Å². The fourth-order valence-electron chi connectivity index (χ4n) is 5.64. The minimum atomic E-state index is -4.59. The van der Waals surface area contributed by atoms with Crippen LogP contribution in [-0.4, -0.2) is 76.7 Å². The van der Waals surface area contributed by atoms with Crippen LogP contribution >= 0.6 is 0 Å². The summed E-state index contributed by atoms with van der Waals surface area (Å²) in [5.41, 5.74) is 1.04. The number of fused-ring (bicyclic) bond motifs is 1. The molecule has 234 valence electrons. The number of benzene rings is 3. The molecule has 3 aromatic carbocycles. The van der Waals surface area contributed by atoms with E-state index in [1.807, 2.05) is 29.2 Å². The van der Waals surface area contributed by atoms with Crippen molar-refractivity contribution in [3.05, 3.63) is 77.6 Å². The van der Waals surface area contributed by atoms with Gasteiger partial charge in [0, 0.05) is 44.5 Å². The van der Waals surface area contributed by atoms with Crippen LogP contribution in [0.1, 0.15) is 12.6 Å². The summed E-state index contributed by atoms with van der Waals surface area (Å²) < 4.78 is 72.9. The van der Waals surface area contributed by atoms with Crippen LogP contribution in [-0.2, 0) is 22.3 Å². The summed E-state index contributed by atoms with van der Waals surface area (Å²) in [5, 5.41) is 0. The van der Waals surface area contributed by atoms with Crippen LogP contribution < -0.4 is 53.7 Å². The van der Waals surface area contributed by atoms with E-state index in [-0.39, 0.29) is 66.7 Å². The molecule has 5 rings (SSSR count). The predicted molar refractivity (Wildman–Crippen MR) is 155 cm³/mol. The van der Waals surface area contributed by atoms with Crippen molar-refractivity contribution in [2.45, 2.75) is 19.0 Å². The number of carbonyl (C=O) groups excluding carboxylic acids is 1. The first-order valence-electron chi connectivity index (χ1n) is 13.4. The number of hydrogen-bond donors (Lipinski definition) is 0. The zero-order valence-electron chi connectivity index (χ0n) is 26.0. The van der Waals surface area contributed by atoms with Gasteiger partial charge < -0.3 is 35.8 Å². The monoisotopic (exact) mass is 630 g/mol. The minimum absolute atomic E-state index is 0. The molecule has 1 unspecified atom stereocenters. The van der Waals surface area contributed by atoms with Crippen molar-refractivity contribution in [3.63, 3.8) is 0 Å². The van der Waals surface area contributed by atoms with Crippen LogP contribution in [0.25, 0.3) is 0 Å². The van der Waals surface area contributed by atoms with Gasteiger partial charge in [-0.1, -0.05) is 18.2 Å². The predicted octanol–water partition coefficient (Wildman–Crippen LogP) is 1.26. The van der Waals surface area contributed by atoms with E-state index in [9.17, 15) is 18.0 Å². The fraction of sp³-hybridized carbons (Fsp3) is 0.367. The van der Waals surface area contributed by atoms with Crippen LogP contribution in [0.5, 0.6) is 11.5 Å². The summed E-state index contributed by atoms with van der Waals surface area (Å²) in [6.07, 6.45) is -5.41. The molecule has 1 atom stereocenters. The first-order chi connectivity index (χ1) is 20.1. The molecule has 3 aromatic rings. The van der Waals surface area contributed by atoms with Gasteiger partial charge in [0.25, 0.3) is 0 Å². The summed E-state index contributed by atoms with van der Waals surface area (Å²) in [4.78, 5) is 20.2. The summed E-state index contributed by atoms with van der Waals surface area (Å²) in [5.74, 6) is -0.198. The van der Waals surface area contributed by atoms with Crippen LogP contribution in [0.4, 0.5) is 34.6 Å². The maximum atomic E-state index is 15.4. The number of esters is 1. The summed E-state index contributed by atoms with van der Waals surface area (Å²) >= 11 is 0. The van der Waals surface area contributed by atoms with Crippen molar-refractivity contribution in [1.82, 2.24) is 4.90 Å². The number of carbonyl (C=O) groups is 1. The molecule has 2 heterocycles. The molecule has 2 aliphatic rings. The number of anilines is 3. The molecule has 0 aromatic heterocycles. The molecule has 14 heteroatoms. The molecule has 1 fully saturated rings. The maximum Gasteiger partial charge on any atom is 1.00 e. The van der Waals surface area contributed by atoms with Crippen molar-refractivity contribution >= 4 is 23.0 Å². The molecule has 44 heavy (non-hydrogen) atoms. The van der Waals surface area contributed by atoms with Crippen LogP contribution in [0.15, 0.2) is 60.7 Å². The molecule has 0 saturated carbocycles. The third-order valence-electron chi connectivity index (χ3n) is 7.66. The zero-order valence-corrected chi connectivity index (χ0v) is 27.0. The molecule has 0 amide bonds. The molecule has 0 bridgehead atoms. The van der Waals surface area contributed by atoms with Gasteiger partial charge in [0.2, 0.25) is 0 Å². The molecule has 1 saturated heterocycles. The Morgan fingerprint density at radius 2 is 1.66 bits per heavy atom. The van der Waals surface area contributed by atoms with E-state index in [0.29, 0.717) is 31.7 Å². The number of halogens is 4. The van der Waals surface area contributed by atoms with Crippen molar-refractivity contribution < 1.29 is 73.0 Å². The molecule has 0 spiro atoms. The summed E-state index contributed by atoms with van der Waals surface area (Å²) in [6, 6.07) is 15.5. The Balaban J connectivity index is 0.00000235. The normalized spacial score (nSPS) is 16.8. The van der Waals surface area contributed by atoms with E-state index in [4.69, 9.17) is 14.2 Å². The van der Waals surface area contributed by atoms with Crippen molar-refractivity contribution in [3.8, 4) is 11.5 Å². The van der Waals surface area contributed by atoms with Gasteiger partial charge in [-0.3, -0.25) is 9.69 Å². The largest absolute Gasteiger partial charge is 1.00 e. The Morgan fingerprint density at radius 3 is 2.30 bits per heavy atom. The summed E-state index contributed by atoms with van der Waals surface area (Å²) in [6.45, 7) is 1.87. The SMILES string of the molecule is COC(=O)CN1c2c(F)cccc2CN(c2cc(C(F)(F)F)ccc2OC)C1N1CCN(c2cccc(OC)c2)CC1.O.[H-].[Na+]. The van der Waals surface area contributed by atoms with E-state index >= 15 is 4.39 Å². The molecule has 0 aliphatic carbocycles. The zero-order chi connectivity index (χ0) is 30.0. The number of hydrogen-bond acceptors (Lipinski definition) is 8. The van der Waals surface area contributed by atoms with E-state index in [1.165, 1.54) is 26.4 Å². The second-order valence-electron chi connectivity index (χ2n) is 10.0. The smallest absolute Gasteiger partial charge is 1.00 e. The van der Waals surface area contributed by atoms with Crippen LogP contribution in [0.2, 0.25) is 0 Å². The van der Waals surface area contributed by atoms with Gasteiger partial charge in [0.15, 0.2) is 6.29 Å². The number of rotatable bonds is 7. The number of alkyl halides is 3. The maximum absolute atomic E-state index is 15.4. The van der Waals surface area contributed by atoms with Gasteiger partial charge in [-0.25, -0.2) is 4.39 Å². The summed E-state index contributed by atoms with van der Waals surface area (Å²) in [7, 11) is 4.23. The van der Waals surface area contributed by atoms with Gasteiger partial charge in [-0.15, -0.1) is 0 Å². The molecule has 2 N–H and O–H groups in total. The number of nitrogens with zero attached hydrogens (tertiary/aromatic N) is 4. The van der Waals surface area contributed by atoms with Gasteiger partial charge in [0.1, 0.15) is 23.9 Å². The molecule has 9 nitrogen and oxygen atoms in total. The minimum Gasteiger partial charge on any atom is -1.00 e. The first kappa shape index (κ1) is 35.3. The Morgan fingerprint density at radius 1 is 0.955 bits per heavy atom. The number of methoxy groups -OCH3 is 3. The number of para-hydroxylation sites is 1. The van der Waals surface area contributed by atoms with E-state index in [1.54, 1.807) is 29.0 Å². The Kier molecular flexibility index (Phi) is 11.8. The first-order valence-corrected chi connectivity index (χ1v) is 13.4. The fourth-order valence-corrected chi connectivity index (χ4v) is 5.64. The van der Waals surface area contributed by atoms with Gasteiger partial charge in [0.05, 0.1) is 38.3 Å². The van der Waals surface area contributed by atoms with Gasteiger partial charge in [-0.05, 0) is 42.0 Å². The third kappa shape index (κ3) is 7.18. The van der Waals surface area contributed by atoms with E-state index in [2.05, 4.69) is 4.90 Å². The Bertz CT molecular complexity index is 1450. The second kappa shape index (κ2) is 14.7. The number of ether oxygens (including phenoxy) is 3. The van der Waals surface area contributed by atoms with Crippen molar-refractivity contribution in [2.24, 2.45) is 0 Å². The quantitative estimate of drug-likeness (QED) is 0.219. The molecular formula is C30H35F4N4NaO5. The van der Waals surface area contributed by atoms with Gasteiger partial charge >= 0.3 is 41.7 Å². The van der Waals surface area contributed by atoms with Crippen LogP contribution in [0, 0.1) is 5.82 Å². The average Bonchev–Trinajstić information content (AvgIpc) is 3.00. The Labute approximate surface area is 276 Å². The third-order valence-corrected chi connectivity index (χ3v) is 7.66. The van der Waals surface area contributed by atoms with E-state index < -0.39 is 29.8 Å². The van der Waals surface area contributed by atoms with Crippen molar-refractivity contribution in [1.29, 1.82) is 0 Å². The second-order valence-corrected chi connectivity index (χ2v) is 10.0. The number of piperazine rings is 1. The molecular weight excluding hydrogens is 595 g/mol.